The monoisotopic (exact) mass is 312 g/mol. The first-order valence-corrected chi connectivity index (χ1v) is 6.94. The van der Waals surface area contributed by atoms with Gasteiger partial charge in [-0.1, -0.05) is 54.6 Å². The van der Waals surface area contributed by atoms with Crippen LogP contribution >= 0.6 is 0 Å². The number of benzene rings is 2. The number of nitrogens with two attached hydrogens (primary N) is 1. The Kier molecular flexibility index (Phi) is 5.46. The van der Waals surface area contributed by atoms with E-state index in [2.05, 4.69) is 5.32 Å². The zero-order valence-electron chi connectivity index (χ0n) is 12.3. The molecule has 0 saturated carbocycles. The number of ether oxygens (including phenoxy) is 1. The fourth-order valence-electron chi connectivity index (χ4n) is 1.92. The molecule has 118 valence electrons. The first-order chi connectivity index (χ1) is 11.1. The maximum Gasteiger partial charge on any atom is 0.325 e. The van der Waals surface area contributed by atoms with Crippen LogP contribution < -0.4 is 11.1 Å². The van der Waals surface area contributed by atoms with E-state index in [1.165, 1.54) is 0 Å². The van der Waals surface area contributed by atoms with Crippen LogP contribution in [0.2, 0.25) is 0 Å². The minimum absolute atomic E-state index is 0.322. The van der Waals surface area contributed by atoms with Crippen LogP contribution in [0.15, 0.2) is 54.6 Å². The van der Waals surface area contributed by atoms with E-state index in [1.54, 1.807) is 12.1 Å². The lowest BCUT2D eigenvalue weighted by Crippen LogP contribution is -2.35. The molecule has 0 aliphatic rings. The van der Waals surface area contributed by atoms with Gasteiger partial charge >= 0.3 is 12.0 Å². The van der Waals surface area contributed by atoms with Crippen LogP contribution in [0.1, 0.15) is 10.4 Å². The number of amides is 2. The minimum Gasteiger partial charge on any atom is -0.456 e. The molecule has 2 amide bonds. The van der Waals surface area contributed by atoms with Crippen LogP contribution in [0.5, 0.6) is 0 Å². The fraction of sp³-hybridized carbons (Fsp3) is 0.118. The Balaban J connectivity index is 1.90. The normalized spacial score (nSPS) is 9.91. The summed E-state index contributed by atoms with van der Waals surface area (Å²) in [6.07, 6.45) is 0. The van der Waals surface area contributed by atoms with E-state index in [-0.39, 0.29) is 18.9 Å². The van der Waals surface area contributed by atoms with Crippen molar-refractivity contribution in [3.8, 4) is 11.1 Å². The van der Waals surface area contributed by atoms with E-state index < -0.39 is 12.0 Å². The van der Waals surface area contributed by atoms with Gasteiger partial charge in [0, 0.05) is 5.56 Å². The molecule has 0 spiro atoms. The lowest BCUT2D eigenvalue weighted by Gasteiger charge is -2.06. The maximum absolute atomic E-state index is 11.9. The van der Waals surface area contributed by atoms with Gasteiger partial charge in [-0.25, -0.2) is 4.79 Å². The fourth-order valence-corrected chi connectivity index (χ4v) is 1.92. The molecular weight excluding hydrogens is 296 g/mol. The molecule has 0 unspecified atom stereocenters. The highest BCUT2D eigenvalue weighted by atomic mass is 16.5. The van der Waals surface area contributed by atoms with E-state index in [1.807, 2.05) is 42.5 Å². The summed E-state index contributed by atoms with van der Waals surface area (Å²) in [5.74, 6) is -1.05. The Labute approximate surface area is 133 Å². The number of hydrogen-bond donors (Lipinski definition) is 2. The summed E-state index contributed by atoms with van der Waals surface area (Å²) in [4.78, 5) is 33.7. The smallest absolute Gasteiger partial charge is 0.325 e. The number of nitrogens with one attached hydrogen (secondary N) is 1. The van der Waals surface area contributed by atoms with Crippen LogP contribution in [0, 0.1) is 0 Å². The van der Waals surface area contributed by atoms with Gasteiger partial charge in [0.15, 0.2) is 12.4 Å². The Morgan fingerprint density at radius 3 is 2.13 bits per heavy atom. The van der Waals surface area contributed by atoms with Crippen molar-refractivity contribution in [3.05, 3.63) is 60.2 Å². The molecule has 6 heteroatoms. The highest BCUT2D eigenvalue weighted by Crippen LogP contribution is 2.19. The summed E-state index contributed by atoms with van der Waals surface area (Å²) in [7, 11) is 0. The van der Waals surface area contributed by atoms with Crippen molar-refractivity contribution in [1.29, 1.82) is 0 Å². The summed E-state index contributed by atoms with van der Waals surface area (Å²) in [6, 6.07) is 16.0. The molecule has 6 nitrogen and oxygen atoms in total. The van der Waals surface area contributed by atoms with Crippen LogP contribution in [-0.4, -0.2) is 30.9 Å². The molecule has 0 aliphatic heterocycles. The Bertz CT molecular complexity index is 696. The molecule has 0 aliphatic carbocycles. The molecule has 23 heavy (non-hydrogen) atoms. The molecule has 0 fully saturated rings. The van der Waals surface area contributed by atoms with Gasteiger partial charge < -0.3 is 15.8 Å². The Hall–Kier alpha value is -3.15. The first-order valence-electron chi connectivity index (χ1n) is 6.94. The van der Waals surface area contributed by atoms with E-state index in [4.69, 9.17) is 10.5 Å². The summed E-state index contributed by atoms with van der Waals surface area (Å²) >= 11 is 0. The summed E-state index contributed by atoms with van der Waals surface area (Å²) in [6.45, 7) is -0.750. The summed E-state index contributed by atoms with van der Waals surface area (Å²) in [5.41, 5.74) is 7.31. The molecular formula is C17H16N2O4. The molecule has 0 atom stereocenters. The molecule has 0 heterocycles. The number of rotatable bonds is 6. The molecule has 2 aromatic rings. The second kappa shape index (κ2) is 7.74. The average molecular weight is 312 g/mol. The lowest BCUT2D eigenvalue weighted by atomic mass is 10.0. The van der Waals surface area contributed by atoms with Gasteiger partial charge in [0.1, 0.15) is 6.54 Å². The number of carbonyl (C=O) groups is 3. The number of carbonyl (C=O) groups excluding carboxylic acids is 3. The largest absolute Gasteiger partial charge is 0.456 e. The highest BCUT2D eigenvalue weighted by Gasteiger charge is 2.10. The predicted octanol–water partition coefficient (Wildman–Crippen LogP) is 1.75. The van der Waals surface area contributed by atoms with Crippen molar-refractivity contribution >= 4 is 17.8 Å². The topological polar surface area (TPSA) is 98.5 Å². The standard InChI is InChI=1S/C17H16N2O4/c18-17(22)19-10-16(21)23-11-15(20)14-8-6-13(7-9-14)12-4-2-1-3-5-12/h1-9H,10-11H2,(H3,18,19,22). The first kappa shape index (κ1) is 16.2. The molecule has 0 aromatic heterocycles. The van der Waals surface area contributed by atoms with E-state index >= 15 is 0 Å². The third-order valence-electron chi connectivity index (χ3n) is 3.09. The van der Waals surface area contributed by atoms with Crippen molar-refractivity contribution in [2.24, 2.45) is 5.73 Å². The zero-order valence-corrected chi connectivity index (χ0v) is 12.3. The second-order valence-corrected chi connectivity index (χ2v) is 4.75. The molecule has 2 aromatic carbocycles. The summed E-state index contributed by atoms with van der Waals surface area (Å²) < 4.78 is 4.76. The number of hydrogen-bond acceptors (Lipinski definition) is 4. The average Bonchev–Trinajstić information content (AvgIpc) is 2.58. The molecule has 2 rings (SSSR count). The van der Waals surface area contributed by atoms with Gasteiger partial charge in [-0.3, -0.25) is 9.59 Å². The highest BCUT2D eigenvalue weighted by molar-refractivity contribution is 5.98. The lowest BCUT2D eigenvalue weighted by molar-refractivity contribution is -0.141. The van der Waals surface area contributed by atoms with Gasteiger partial charge in [0.2, 0.25) is 0 Å². The van der Waals surface area contributed by atoms with Crippen molar-refractivity contribution < 1.29 is 19.1 Å². The number of Topliss-reactive ketones (excluding diaryl/α,β-unsaturated/α-hetero) is 1. The Morgan fingerprint density at radius 2 is 1.52 bits per heavy atom. The minimum atomic E-state index is -0.829. The number of esters is 1. The molecule has 0 radical (unpaired) electrons. The van der Waals surface area contributed by atoms with Crippen molar-refractivity contribution in [1.82, 2.24) is 5.32 Å². The SMILES string of the molecule is NC(=O)NCC(=O)OCC(=O)c1ccc(-c2ccccc2)cc1. The van der Waals surface area contributed by atoms with Crippen LogP contribution in [0.25, 0.3) is 11.1 Å². The van der Waals surface area contributed by atoms with Gasteiger partial charge in [-0.05, 0) is 11.1 Å². The van der Waals surface area contributed by atoms with E-state index in [0.717, 1.165) is 11.1 Å². The third kappa shape index (κ3) is 4.96. The van der Waals surface area contributed by atoms with Crippen molar-refractivity contribution in [2.75, 3.05) is 13.2 Å². The Morgan fingerprint density at radius 1 is 0.913 bits per heavy atom. The van der Waals surface area contributed by atoms with Crippen LogP contribution in [0.4, 0.5) is 4.79 Å². The maximum atomic E-state index is 11.9. The number of primary amides is 1. The predicted molar refractivity (Wildman–Crippen MR) is 84.8 cm³/mol. The van der Waals surface area contributed by atoms with Crippen LogP contribution in [0.3, 0.4) is 0 Å². The molecule has 3 N–H and O–H groups in total. The van der Waals surface area contributed by atoms with Gasteiger partial charge in [-0.15, -0.1) is 0 Å². The van der Waals surface area contributed by atoms with Crippen molar-refractivity contribution in [3.63, 3.8) is 0 Å². The van der Waals surface area contributed by atoms with Crippen molar-refractivity contribution in [2.45, 2.75) is 0 Å². The molecule has 0 saturated heterocycles. The number of urea groups is 1. The summed E-state index contributed by atoms with van der Waals surface area (Å²) in [5, 5.41) is 2.09. The quantitative estimate of drug-likeness (QED) is 0.627. The van der Waals surface area contributed by atoms with Gasteiger partial charge in [-0.2, -0.15) is 0 Å². The number of ketones is 1. The van der Waals surface area contributed by atoms with Gasteiger partial charge in [0.25, 0.3) is 0 Å². The van der Waals surface area contributed by atoms with E-state index in [9.17, 15) is 14.4 Å². The van der Waals surface area contributed by atoms with Gasteiger partial charge in [0.05, 0.1) is 0 Å². The zero-order chi connectivity index (χ0) is 16.7. The molecule has 0 bridgehead atoms. The third-order valence-corrected chi connectivity index (χ3v) is 3.09. The second-order valence-electron chi connectivity index (χ2n) is 4.75. The van der Waals surface area contributed by atoms with E-state index in [0.29, 0.717) is 5.56 Å². The van der Waals surface area contributed by atoms with Crippen LogP contribution in [-0.2, 0) is 9.53 Å².